The number of methoxy groups -OCH3 is 1. The molecule has 0 saturated carbocycles. The average molecular weight is 343 g/mol. The molecule has 6 heteroatoms. The van der Waals surface area contributed by atoms with Crippen molar-refractivity contribution in [2.75, 3.05) is 33.4 Å². The van der Waals surface area contributed by atoms with Crippen molar-refractivity contribution in [2.45, 2.75) is 25.7 Å². The first-order valence-corrected chi connectivity index (χ1v) is 8.85. The van der Waals surface area contributed by atoms with Gasteiger partial charge in [0.25, 0.3) is 5.56 Å². The number of rotatable bonds is 7. The first kappa shape index (κ1) is 17.5. The maximum atomic E-state index is 11.1. The van der Waals surface area contributed by atoms with E-state index in [0.717, 1.165) is 24.3 Å². The Kier molecular flexibility index (Phi) is 6.06. The summed E-state index contributed by atoms with van der Waals surface area (Å²) in [4.78, 5) is 13.6. The predicted octanol–water partition coefficient (Wildman–Crippen LogP) is 2.70. The van der Waals surface area contributed by atoms with Gasteiger partial charge in [-0.25, -0.2) is 5.10 Å². The first-order chi connectivity index (χ1) is 12.3. The predicted molar refractivity (Wildman–Crippen MR) is 97.2 cm³/mol. The van der Waals surface area contributed by atoms with Crippen LogP contribution in [0.15, 0.2) is 35.1 Å². The third-order valence-corrected chi connectivity index (χ3v) is 4.46. The van der Waals surface area contributed by atoms with Gasteiger partial charge in [0.15, 0.2) is 11.5 Å². The molecule has 1 saturated heterocycles. The number of nitrogens with zero attached hydrogens (tertiary/aromatic N) is 2. The largest absolute Gasteiger partial charge is 0.493 e. The second-order valence-electron chi connectivity index (χ2n) is 6.28. The first-order valence-electron chi connectivity index (χ1n) is 8.85. The van der Waals surface area contributed by atoms with Gasteiger partial charge in [-0.2, -0.15) is 5.10 Å². The van der Waals surface area contributed by atoms with E-state index in [2.05, 4.69) is 15.1 Å². The zero-order valence-electron chi connectivity index (χ0n) is 14.7. The average Bonchev–Trinajstić information content (AvgIpc) is 2.67. The highest BCUT2D eigenvalue weighted by atomic mass is 16.5. The van der Waals surface area contributed by atoms with Crippen LogP contribution in [0.25, 0.3) is 11.3 Å². The monoisotopic (exact) mass is 343 g/mol. The van der Waals surface area contributed by atoms with Crippen LogP contribution in [-0.2, 0) is 0 Å². The van der Waals surface area contributed by atoms with Crippen LogP contribution in [-0.4, -0.2) is 48.4 Å². The molecule has 0 atom stereocenters. The summed E-state index contributed by atoms with van der Waals surface area (Å²) in [6.45, 7) is 4.18. The van der Waals surface area contributed by atoms with Crippen molar-refractivity contribution in [3.63, 3.8) is 0 Å². The molecule has 0 amide bonds. The number of aromatic amines is 1. The number of aromatic nitrogens is 2. The summed E-state index contributed by atoms with van der Waals surface area (Å²) in [5.41, 5.74) is 1.34. The molecule has 6 nitrogen and oxygen atoms in total. The van der Waals surface area contributed by atoms with Gasteiger partial charge in [-0.15, -0.1) is 0 Å². The van der Waals surface area contributed by atoms with Crippen molar-refractivity contribution in [3.8, 4) is 22.8 Å². The van der Waals surface area contributed by atoms with Gasteiger partial charge in [0.1, 0.15) is 0 Å². The quantitative estimate of drug-likeness (QED) is 0.783. The van der Waals surface area contributed by atoms with Gasteiger partial charge < -0.3 is 14.4 Å². The van der Waals surface area contributed by atoms with Crippen LogP contribution >= 0.6 is 0 Å². The third-order valence-electron chi connectivity index (χ3n) is 4.46. The van der Waals surface area contributed by atoms with Crippen LogP contribution in [0, 0.1) is 0 Å². The van der Waals surface area contributed by atoms with Crippen molar-refractivity contribution in [1.29, 1.82) is 0 Å². The van der Waals surface area contributed by atoms with Crippen LogP contribution in [0.4, 0.5) is 0 Å². The molecule has 3 rings (SSSR count). The van der Waals surface area contributed by atoms with Gasteiger partial charge in [-0.1, -0.05) is 6.42 Å². The van der Waals surface area contributed by atoms with Crippen LogP contribution in [0.2, 0.25) is 0 Å². The van der Waals surface area contributed by atoms with Crippen molar-refractivity contribution in [2.24, 2.45) is 0 Å². The van der Waals surface area contributed by atoms with E-state index in [1.807, 2.05) is 18.2 Å². The van der Waals surface area contributed by atoms with E-state index in [0.29, 0.717) is 18.1 Å². The minimum absolute atomic E-state index is 0.218. The molecular formula is C19H25N3O3. The molecule has 1 aliphatic heterocycles. The zero-order chi connectivity index (χ0) is 17.5. The molecule has 1 aromatic carbocycles. The molecule has 134 valence electrons. The van der Waals surface area contributed by atoms with E-state index in [4.69, 9.17) is 9.47 Å². The Morgan fingerprint density at radius 3 is 2.68 bits per heavy atom. The van der Waals surface area contributed by atoms with Crippen molar-refractivity contribution in [3.05, 3.63) is 40.7 Å². The molecule has 1 aromatic heterocycles. The highest BCUT2D eigenvalue weighted by molar-refractivity contribution is 5.63. The molecule has 0 radical (unpaired) electrons. The lowest BCUT2D eigenvalue weighted by atomic mass is 10.1. The Bertz CT molecular complexity index is 718. The fourth-order valence-electron chi connectivity index (χ4n) is 3.10. The number of piperidine rings is 1. The van der Waals surface area contributed by atoms with Crippen LogP contribution in [0.5, 0.6) is 11.5 Å². The number of nitrogens with one attached hydrogen (secondary N) is 1. The molecule has 0 aliphatic carbocycles. The molecule has 0 bridgehead atoms. The second kappa shape index (κ2) is 8.67. The molecule has 1 fully saturated rings. The summed E-state index contributed by atoms with van der Waals surface area (Å²) in [7, 11) is 1.62. The number of hydrogen-bond acceptors (Lipinski definition) is 5. The lowest BCUT2D eigenvalue weighted by molar-refractivity contribution is 0.203. The summed E-state index contributed by atoms with van der Waals surface area (Å²) >= 11 is 0. The zero-order valence-corrected chi connectivity index (χ0v) is 14.7. The number of hydrogen-bond donors (Lipinski definition) is 1. The van der Waals surface area contributed by atoms with Crippen LogP contribution in [0.1, 0.15) is 25.7 Å². The van der Waals surface area contributed by atoms with Gasteiger partial charge >= 0.3 is 0 Å². The van der Waals surface area contributed by atoms with E-state index >= 15 is 0 Å². The van der Waals surface area contributed by atoms with Gasteiger partial charge in [0.2, 0.25) is 0 Å². The summed E-state index contributed by atoms with van der Waals surface area (Å²) in [6.07, 6.45) is 5.00. The number of likely N-dealkylation sites (tertiary alicyclic amines) is 1. The Morgan fingerprint density at radius 2 is 1.96 bits per heavy atom. The van der Waals surface area contributed by atoms with E-state index in [1.54, 1.807) is 13.2 Å². The maximum absolute atomic E-state index is 11.1. The van der Waals surface area contributed by atoms with Crippen molar-refractivity contribution in [1.82, 2.24) is 15.1 Å². The topological polar surface area (TPSA) is 67.5 Å². The maximum Gasteiger partial charge on any atom is 0.264 e. The third kappa shape index (κ3) is 4.82. The highest BCUT2D eigenvalue weighted by Crippen LogP contribution is 2.31. The number of H-pyrrole nitrogens is 1. The second-order valence-corrected chi connectivity index (χ2v) is 6.28. The summed E-state index contributed by atoms with van der Waals surface area (Å²) < 4.78 is 11.3. The van der Waals surface area contributed by atoms with E-state index < -0.39 is 0 Å². The van der Waals surface area contributed by atoms with Gasteiger partial charge in [-0.3, -0.25) is 4.79 Å². The minimum atomic E-state index is -0.218. The smallest absolute Gasteiger partial charge is 0.264 e. The Hall–Kier alpha value is -2.34. The molecule has 0 unspecified atom stereocenters. The molecule has 1 N–H and O–H groups in total. The number of ether oxygens (including phenoxy) is 2. The van der Waals surface area contributed by atoms with E-state index in [-0.39, 0.29) is 5.56 Å². The Morgan fingerprint density at radius 1 is 1.12 bits per heavy atom. The lowest BCUT2D eigenvalue weighted by Crippen LogP contribution is -2.31. The van der Waals surface area contributed by atoms with Gasteiger partial charge in [0, 0.05) is 18.2 Å². The molecule has 2 heterocycles. The van der Waals surface area contributed by atoms with Gasteiger partial charge in [-0.05, 0) is 56.6 Å². The molecule has 2 aromatic rings. The molecule has 1 aliphatic rings. The summed E-state index contributed by atoms with van der Waals surface area (Å²) in [5, 5.41) is 6.48. The normalized spacial score (nSPS) is 15.1. The van der Waals surface area contributed by atoms with Crippen LogP contribution in [0.3, 0.4) is 0 Å². The molecule has 25 heavy (non-hydrogen) atoms. The SMILES string of the molecule is COc1cc(-c2ccc(=O)[nH]n2)ccc1OCCCN1CCCCC1. The van der Waals surface area contributed by atoms with E-state index in [9.17, 15) is 4.79 Å². The Balaban J connectivity index is 1.57. The van der Waals surface area contributed by atoms with Crippen molar-refractivity contribution < 1.29 is 9.47 Å². The minimum Gasteiger partial charge on any atom is -0.493 e. The Labute approximate surface area is 147 Å². The van der Waals surface area contributed by atoms with Crippen LogP contribution < -0.4 is 15.0 Å². The lowest BCUT2D eigenvalue weighted by Gasteiger charge is -2.26. The summed E-state index contributed by atoms with van der Waals surface area (Å²) in [6, 6.07) is 8.83. The van der Waals surface area contributed by atoms with Gasteiger partial charge in [0.05, 0.1) is 19.4 Å². The highest BCUT2D eigenvalue weighted by Gasteiger charge is 2.11. The molecular weight excluding hydrogens is 318 g/mol. The van der Waals surface area contributed by atoms with Crippen molar-refractivity contribution >= 4 is 0 Å². The number of benzene rings is 1. The summed E-state index contributed by atoms with van der Waals surface area (Å²) in [5.74, 6) is 1.40. The molecule has 0 spiro atoms. The standard InChI is InChI=1S/C19H25N3O3/c1-24-18-14-15(16-7-9-19(23)21-20-16)6-8-17(18)25-13-5-12-22-10-3-2-4-11-22/h6-9,14H,2-5,10-13H2,1H3,(H,21,23). The fourth-order valence-corrected chi connectivity index (χ4v) is 3.10. The fraction of sp³-hybridized carbons (Fsp3) is 0.474. The van der Waals surface area contributed by atoms with E-state index in [1.165, 1.54) is 38.4 Å².